The van der Waals surface area contributed by atoms with Crippen molar-refractivity contribution in [3.8, 4) is 0 Å². The molecule has 0 radical (unpaired) electrons. The van der Waals surface area contributed by atoms with Gasteiger partial charge in [0.05, 0.1) is 6.61 Å². The van der Waals surface area contributed by atoms with Gasteiger partial charge in [0.25, 0.3) is 0 Å². The van der Waals surface area contributed by atoms with Gasteiger partial charge < -0.3 is 15.4 Å². The van der Waals surface area contributed by atoms with E-state index in [4.69, 9.17) is 10.5 Å². The standard InChI is InChI=1S/C12H16N2O3/c1-14(12(16)7-11(13)15)10-5-3-9(4-6-10)8-17-2/h3-6H,7-8H2,1-2H3,(H2,13,15). The summed E-state index contributed by atoms with van der Waals surface area (Å²) in [6.45, 7) is 0.527. The minimum atomic E-state index is -0.627. The molecule has 0 unspecified atom stereocenters. The largest absolute Gasteiger partial charge is 0.380 e. The second-order valence-electron chi connectivity index (χ2n) is 3.70. The lowest BCUT2D eigenvalue weighted by Gasteiger charge is -2.16. The van der Waals surface area contributed by atoms with E-state index in [1.165, 1.54) is 4.90 Å². The molecule has 1 aromatic carbocycles. The van der Waals surface area contributed by atoms with Crippen LogP contribution in [0.2, 0.25) is 0 Å². The van der Waals surface area contributed by atoms with Crippen LogP contribution in [-0.2, 0) is 20.9 Å². The van der Waals surface area contributed by atoms with E-state index in [1.54, 1.807) is 26.3 Å². The van der Waals surface area contributed by atoms with Crippen LogP contribution in [0, 0.1) is 0 Å². The van der Waals surface area contributed by atoms with Crippen LogP contribution in [-0.4, -0.2) is 26.0 Å². The maximum atomic E-state index is 11.6. The van der Waals surface area contributed by atoms with Gasteiger partial charge in [0.15, 0.2) is 0 Å². The number of rotatable bonds is 5. The summed E-state index contributed by atoms with van der Waals surface area (Å²) in [5, 5.41) is 0. The van der Waals surface area contributed by atoms with E-state index >= 15 is 0 Å². The fraction of sp³-hybridized carbons (Fsp3) is 0.333. The molecule has 17 heavy (non-hydrogen) atoms. The van der Waals surface area contributed by atoms with E-state index in [-0.39, 0.29) is 12.3 Å². The highest BCUT2D eigenvalue weighted by molar-refractivity contribution is 6.04. The highest BCUT2D eigenvalue weighted by Crippen LogP contribution is 2.15. The van der Waals surface area contributed by atoms with Gasteiger partial charge in [-0.15, -0.1) is 0 Å². The van der Waals surface area contributed by atoms with Crippen molar-refractivity contribution in [1.82, 2.24) is 0 Å². The molecule has 1 aromatic rings. The Morgan fingerprint density at radius 2 is 1.88 bits per heavy atom. The summed E-state index contributed by atoms with van der Waals surface area (Å²) in [6.07, 6.45) is -0.281. The first-order valence-corrected chi connectivity index (χ1v) is 5.17. The van der Waals surface area contributed by atoms with Crippen LogP contribution < -0.4 is 10.6 Å². The predicted octanol–water partition coefficient (Wildman–Crippen LogP) is 0.671. The summed E-state index contributed by atoms with van der Waals surface area (Å²) in [6, 6.07) is 7.33. The maximum Gasteiger partial charge on any atom is 0.236 e. The number of primary amides is 1. The number of anilines is 1. The summed E-state index contributed by atoms with van der Waals surface area (Å²) < 4.78 is 4.99. The predicted molar refractivity (Wildman–Crippen MR) is 64.4 cm³/mol. The Balaban J connectivity index is 2.72. The first kappa shape index (κ1) is 13.2. The van der Waals surface area contributed by atoms with Gasteiger partial charge in [-0.1, -0.05) is 12.1 Å². The number of hydrogen-bond donors (Lipinski definition) is 1. The molecule has 0 saturated carbocycles. The van der Waals surface area contributed by atoms with Crippen LogP contribution in [0.4, 0.5) is 5.69 Å². The zero-order chi connectivity index (χ0) is 12.8. The van der Waals surface area contributed by atoms with Gasteiger partial charge in [-0.25, -0.2) is 0 Å². The second-order valence-corrected chi connectivity index (χ2v) is 3.70. The molecule has 5 heteroatoms. The van der Waals surface area contributed by atoms with Crippen molar-refractivity contribution >= 4 is 17.5 Å². The van der Waals surface area contributed by atoms with Crippen molar-refractivity contribution in [2.75, 3.05) is 19.1 Å². The second kappa shape index (κ2) is 6.00. The number of benzene rings is 1. The number of carbonyl (C=O) groups is 2. The summed E-state index contributed by atoms with van der Waals surface area (Å²) in [5.41, 5.74) is 6.71. The minimum Gasteiger partial charge on any atom is -0.380 e. The number of carbonyl (C=O) groups excluding carboxylic acids is 2. The highest BCUT2D eigenvalue weighted by Gasteiger charge is 2.13. The summed E-state index contributed by atoms with van der Waals surface area (Å²) in [4.78, 5) is 23.6. The SMILES string of the molecule is COCc1ccc(N(C)C(=O)CC(N)=O)cc1. The van der Waals surface area contributed by atoms with Gasteiger partial charge in [0.2, 0.25) is 11.8 Å². The number of methoxy groups -OCH3 is 1. The maximum absolute atomic E-state index is 11.6. The van der Waals surface area contributed by atoms with Crippen molar-refractivity contribution in [2.24, 2.45) is 5.73 Å². The summed E-state index contributed by atoms with van der Waals surface area (Å²) >= 11 is 0. The average molecular weight is 236 g/mol. The van der Waals surface area contributed by atoms with E-state index in [0.717, 1.165) is 11.3 Å². The van der Waals surface area contributed by atoms with Gasteiger partial charge in [0.1, 0.15) is 6.42 Å². The van der Waals surface area contributed by atoms with E-state index in [1.807, 2.05) is 12.1 Å². The molecule has 0 saturated heterocycles. The van der Waals surface area contributed by atoms with Crippen molar-refractivity contribution < 1.29 is 14.3 Å². The smallest absolute Gasteiger partial charge is 0.236 e. The Kier molecular flexibility index (Phi) is 4.66. The lowest BCUT2D eigenvalue weighted by atomic mass is 10.2. The van der Waals surface area contributed by atoms with Crippen LogP contribution in [0.15, 0.2) is 24.3 Å². The summed E-state index contributed by atoms with van der Waals surface area (Å²) in [7, 11) is 3.23. The molecule has 1 rings (SSSR count). The molecule has 5 nitrogen and oxygen atoms in total. The number of hydrogen-bond acceptors (Lipinski definition) is 3. The van der Waals surface area contributed by atoms with Crippen molar-refractivity contribution in [3.05, 3.63) is 29.8 Å². The molecule has 0 heterocycles. The third-order valence-corrected chi connectivity index (χ3v) is 2.33. The quantitative estimate of drug-likeness (QED) is 0.764. The molecular weight excluding hydrogens is 220 g/mol. The minimum absolute atomic E-state index is 0.281. The molecule has 0 spiro atoms. The van der Waals surface area contributed by atoms with E-state index < -0.39 is 5.91 Å². The molecule has 0 fully saturated rings. The Labute approximate surface area is 100 Å². The zero-order valence-electron chi connectivity index (χ0n) is 9.97. The zero-order valence-corrected chi connectivity index (χ0v) is 9.97. The van der Waals surface area contributed by atoms with E-state index in [2.05, 4.69) is 0 Å². The van der Waals surface area contributed by atoms with Gasteiger partial charge in [-0.2, -0.15) is 0 Å². The fourth-order valence-corrected chi connectivity index (χ4v) is 1.39. The lowest BCUT2D eigenvalue weighted by Crippen LogP contribution is -2.30. The Morgan fingerprint density at radius 1 is 1.29 bits per heavy atom. The van der Waals surface area contributed by atoms with Crippen molar-refractivity contribution in [2.45, 2.75) is 13.0 Å². The summed E-state index contributed by atoms with van der Waals surface area (Å²) in [5.74, 6) is -0.949. The third kappa shape index (κ3) is 3.88. The third-order valence-electron chi connectivity index (χ3n) is 2.33. The highest BCUT2D eigenvalue weighted by atomic mass is 16.5. The molecule has 0 aromatic heterocycles. The molecule has 0 aliphatic heterocycles. The molecule has 92 valence electrons. The number of nitrogens with two attached hydrogens (primary N) is 1. The number of amides is 2. The van der Waals surface area contributed by atoms with Gasteiger partial charge in [0, 0.05) is 19.8 Å². The van der Waals surface area contributed by atoms with Crippen LogP contribution >= 0.6 is 0 Å². The van der Waals surface area contributed by atoms with E-state index in [0.29, 0.717) is 6.61 Å². The number of ether oxygens (including phenoxy) is 1. The van der Waals surface area contributed by atoms with Gasteiger partial charge in [-0.3, -0.25) is 9.59 Å². The van der Waals surface area contributed by atoms with Gasteiger partial charge in [-0.05, 0) is 17.7 Å². The molecule has 0 bridgehead atoms. The first-order chi connectivity index (χ1) is 8.04. The normalized spacial score (nSPS) is 10.0. The van der Waals surface area contributed by atoms with Crippen LogP contribution in [0.5, 0.6) is 0 Å². The van der Waals surface area contributed by atoms with Crippen molar-refractivity contribution in [1.29, 1.82) is 0 Å². The van der Waals surface area contributed by atoms with Gasteiger partial charge >= 0.3 is 0 Å². The Hall–Kier alpha value is -1.88. The molecule has 0 atom stereocenters. The molecule has 0 aliphatic carbocycles. The Morgan fingerprint density at radius 3 is 2.35 bits per heavy atom. The first-order valence-electron chi connectivity index (χ1n) is 5.17. The van der Waals surface area contributed by atoms with Crippen LogP contribution in [0.3, 0.4) is 0 Å². The monoisotopic (exact) mass is 236 g/mol. The molecular formula is C12H16N2O3. The van der Waals surface area contributed by atoms with Crippen LogP contribution in [0.25, 0.3) is 0 Å². The van der Waals surface area contributed by atoms with Crippen molar-refractivity contribution in [3.63, 3.8) is 0 Å². The number of nitrogens with zero attached hydrogens (tertiary/aromatic N) is 1. The topological polar surface area (TPSA) is 72.6 Å². The Bertz CT molecular complexity index is 401. The van der Waals surface area contributed by atoms with Crippen LogP contribution in [0.1, 0.15) is 12.0 Å². The molecule has 2 amide bonds. The fourth-order valence-electron chi connectivity index (χ4n) is 1.39. The lowest BCUT2D eigenvalue weighted by molar-refractivity contribution is -0.125. The molecule has 0 aliphatic rings. The molecule has 2 N–H and O–H groups in total. The van der Waals surface area contributed by atoms with E-state index in [9.17, 15) is 9.59 Å². The average Bonchev–Trinajstić information content (AvgIpc) is 2.28.